The van der Waals surface area contributed by atoms with Crippen LogP contribution in [0.25, 0.3) is 0 Å². The van der Waals surface area contributed by atoms with Gasteiger partial charge in [0.1, 0.15) is 5.75 Å². The van der Waals surface area contributed by atoms with E-state index in [0.717, 1.165) is 0 Å². The van der Waals surface area contributed by atoms with Crippen LogP contribution in [-0.2, 0) is 4.79 Å². The van der Waals surface area contributed by atoms with E-state index in [9.17, 15) is 14.9 Å². The van der Waals surface area contributed by atoms with Crippen molar-refractivity contribution in [2.75, 3.05) is 0 Å². The van der Waals surface area contributed by atoms with E-state index in [-0.39, 0.29) is 42.4 Å². The number of nitro groups is 1. The zero-order valence-corrected chi connectivity index (χ0v) is 9.89. The summed E-state index contributed by atoms with van der Waals surface area (Å²) in [5.74, 6) is -0.317. The number of nitro benzene ring substituents is 1. The van der Waals surface area contributed by atoms with E-state index in [1.807, 2.05) is 0 Å². The quantitative estimate of drug-likeness (QED) is 0.196. The van der Waals surface area contributed by atoms with Gasteiger partial charge < -0.3 is 6.16 Å². The molecule has 0 bridgehead atoms. The molecule has 5 nitrogen and oxygen atoms in total. The summed E-state index contributed by atoms with van der Waals surface area (Å²) in [5, 5.41) is 10.3. The summed E-state index contributed by atoms with van der Waals surface area (Å²) in [6.45, 7) is 1.23. The van der Waals surface area contributed by atoms with Gasteiger partial charge in [-0.1, -0.05) is 6.07 Å². The van der Waals surface area contributed by atoms with Gasteiger partial charge in [0.15, 0.2) is 0 Å². The van der Waals surface area contributed by atoms with Crippen LogP contribution in [0.15, 0.2) is 24.3 Å². The smallest absolute Gasteiger partial charge is 1.00 e. The minimum absolute atomic E-state index is 0. The van der Waals surface area contributed by atoms with Gasteiger partial charge in [-0.15, -0.1) is 0 Å². The van der Waals surface area contributed by atoms with Crippen LogP contribution in [0.3, 0.4) is 0 Å². The summed E-state index contributed by atoms with van der Waals surface area (Å²) in [6.07, 6.45) is 0. The molecule has 0 saturated heterocycles. The van der Waals surface area contributed by atoms with Gasteiger partial charge in [0, 0.05) is 13.0 Å². The van der Waals surface area contributed by atoms with Crippen molar-refractivity contribution in [3.63, 3.8) is 0 Å². The minimum Gasteiger partial charge on any atom is -1.00 e. The summed E-state index contributed by atoms with van der Waals surface area (Å²) in [5.41, 5.74) is -0.0984. The van der Waals surface area contributed by atoms with Crippen LogP contribution in [0.5, 0.6) is 5.75 Å². The number of benzene rings is 1. The van der Waals surface area contributed by atoms with Gasteiger partial charge in [-0.3, -0.25) is 14.9 Å². The van der Waals surface area contributed by atoms with Crippen molar-refractivity contribution in [3.05, 3.63) is 34.4 Å². The van der Waals surface area contributed by atoms with Gasteiger partial charge in [-0.05, 0) is 6.07 Å². The molecule has 0 aromatic heterocycles. The average Bonchev–Trinajstić information content (AvgIpc) is 2.03. The molecule has 0 aliphatic carbocycles. The monoisotopic (exact) mass is 205 g/mol. The average molecular weight is 205 g/mol. The first kappa shape index (κ1) is 13.1. The van der Waals surface area contributed by atoms with Crippen molar-refractivity contribution >= 4 is 11.7 Å². The zero-order valence-electron chi connectivity index (χ0n) is 8.89. The third-order valence-corrected chi connectivity index (χ3v) is 1.29. The maximum Gasteiger partial charge on any atom is 1.00 e. The van der Waals surface area contributed by atoms with Gasteiger partial charge in [0.2, 0.25) is 0 Å². The first-order valence-corrected chi connectivity index (χ1v) is 3.52. The number of nitrogens with zero attached hydrogens (tertiary/aromatic N) is 1. The second-order valence-electron chi connectivity index (χ2n) is 2.35. The Morgan fingerprint density at radius 2 is 2.21 bits per heavy atom. The van der Waals surface area contributed by atoms with Gasteiger partial charge in [-0.2, -0.15) is 0 Å². The molecular weight excluding hydrogens is 197 g/mol. The first-order valence-electron chi connectivity index (χ1n) is 3.52. The fourth-order valence-corrected chi connectivity index (χ4v) is 0.827. The molecule has 0 aliphatic heterocycles. The maximum atomic E-state index is 10.5. The number of ether oxygens (including phenoxy) is 1. The molecule has 1 rings (SSSR count). The van der Waals surface area contributed by atoms with E-state index < -0.39 is 10.9 Å². The minimum atomic E-state index is -0.549. The Balaban J connectivity index is 0. The zero-order chi connectivity index (χ0) is 9.84. The van der Waals surface area contributed by atoms with Crippen LogP contribution in [0.2, 0.25) is 0 Å². The van der Waals surface area contributed by atoms with E-state index in [1.165, 1.54) is 31.2 Å². The molecule has 0 atom stereocenters. The number of hydrogen-bond donors (Lipinski definition) is 0. The summed E-state index contributed by atoms with van der Waals surface area (Å²) in [6, 6.07) is 5.46. The van der Waals surface area contributed by atoms with Crippen LogP contribution in [0.1, 0.15) is 8.35 Å². The normalized spacial score (nSPS) is 8.64. The van der Waals surface area contributed by atoms with Gasteiger partial charge in [0.05, 0.1) is 11.0 Å². The van der Waals surface area contributed by atoms with E-state index in [1.54, 1.807) is 0 Å². The van der Waals surface area contributed by atoms with Crippen LogP contribution in [-0.4, -0.2) is 10.9 Å². The predicted octanol–water partition coefficient (Wildman–Crippen LogP) is -1.36. The number of carbonyl (C=O) groups excluding carboxylic acids is 1. The van der Waals surface area contributed by atoms with Crippen molar-refractivity contribution in [2.24, 2.45) is 0 Å². The maximum absolute atomic E-state index is 10.5. The van der Waals surface area contributed by atoms with Gasteiger partial charge in [0.25, 0.3) is 5.69 Å². The van der Waals surface area contributed by atoms with E-state index >= 15 is 0 Å². The van der Waals surface area contributed by atoms with Crippen LogP contribution < -0.4 is 34.3 Å². The number of esters is 1. The molecule has 1 aromatic rings. The Kier molecular flexibility index (Phi) is 5.37. The number of non-ortho nitro benzene ring substituents is 1. The van der Waals surface area contributed by atoms with Crippen molar-refractivity contribution in [1.29, 1.82) is 0 Å². The Morgan fingerprint density at radius 3 is 2.71 bits per heavy atom. The summed E-state index contributed by atoms with van der Waals surface area (Å²) in [7, 11) is 0. The second-order valence-corrected chi connectivity index (χ2v) is 2.35. The van der Waals surface area contributed by atoms with Crippen LogP contribution in [0.4, 0.5) is 5.69 Å². The van der Waals surface area contributed by atoms with Crippen LogP contribution >= 0.6 is 0 Å². The fraction of sp³-hybridized carbons (Fsp3) is 0.125. The summed E-state index contributed by atoms with van der Waals surface area (Å²) < 4.78 is 4.66. The SMILES string of the molecule is CC(=O)Oc1cccc([N+](=O)[O-])c1.[H-].[Na+]. The fourth-order valence-electron chi connectivity index (χ4n) is 0.827. The molecule has 0 saturated carbocycles. The topological polar surface area (TPSA) is 69.4 Å². The van der Waals surface area contributed by atoms with Crippen molar-refractivity contribution < 1.29 is 45.4 Å². The molecule has 70 valence electrons. The molecule has 0 spiro atoms. The molecule has 6 heteroatoms. The molecule has 14 heavy (non-hydrogen) atoms. The Morgan fingerprint density at radius 1 is 1.57 bits per heavy atom. The van der Waals surface area contributed by atoms with Crippen LogP contribution in [0, 0.1) is 10.1 Å². The molecule has 0 N–H and O–H groups in total. The first-order chi connectivity index (χ1) is 6.09. The molecular formula is C8H8NNaO4. The van der Waals surface area contributed by atoms with Crippen molar-refractivity contribution in [3.8, 4) is 5.75 Å². The molecule has 0 unspecified atom stereocenters. The second kappa shape index (κ2) is 5.74. The van der Waals surface area contributed by atoms with E-state index in [0.29, 0.717) is 0 Å². The molecule has 0 fully saturated rings. The standard InChI is InChI=1S/C8H7NO4.Na.H/c1-6(10)13-8-4-2-3-7(5-8)9(11)12;;/h2-5H,1H3;;/q;+1;-1. The number of rotatable bonds is 2. The van der Waals surface area contributed by atoms with E-state index in [2.05, 4.69) is 4.74 Å². The van der Waals surface area contributed by atoms with Gasteiger partial charge >= 0.3 is 35.5 Å². The third kappa shape index (κ3) is 3.87. The Bertz CT molecular complexity index is 358. The molecule has 0 amide bonds. The summed E-state index contributed by atoms with van der Waals surface area (Å²) in [4.78, 5) is 20.3. The Labute approximate surface area is 104 Å². The van der Waals surface area contributed by atoms with E-state index in [4.69, 9.17) is 0 Å². The Hall–Kier alpha value is -0.910. The molecule has 0 heterocycles. The molecule has 0 radical (unpaired) electrons. The van der Waals surface area contributed by atoms with Crippen molar-refractivity contribution in [2.45, 2.75) is 6.92 Å². The summed E-state index contributed by atoms with van der Waals surface area (Å²) >= 11 is 0. The number of hydrogen-bond acceptors (Lipinski definition) is 4. The third-order valence-electron chi connectivity index (χ3n) is 1.29. The number of carbonyl (C=O) groups is 1. The largest absolute Gasteiger partial charge is 1.00 e. The predicted molar refractivity (Wildman–Crippen MR) is 45.5 cm³/mol. The van der Waals surface area contributed by atoms with Gasteiger partial charge in [-0.25, -0.2) is 0 Å². The molecule has 1 aromatic carbocycles. The molecule has 0 aliphatic rings. The van der Waals surface area contributed by atoms with Crippen molar-refractivity contribution in [1.82, 2.24) is 0 Å².